The molecule has 1 aromatic heterocycles. The molecule has 0 aliphatic rings. The number of anilines is 2. The van der Waals surface area contributed by atoms with E-state index in [0.29, 0.717) is 11.4 Å². The second-order valence-electron chi connectivity index (χ2n) is 4.06. The molecule has 0 unspecified atom stereocenters. The first-order valence-corrected chi connectivity index (χ1v) is 5.85. The summed E-state index contributed by atoms with van der Waals surface area (Å²) in [7, 11) is 1.56. The minimum absolute atomic E-state index is 0.175. The van der Waals surface area contributed by atoms with Gasteiger partial charge in [0.25, 0.3) is 5.56 Å². The zero-order chi connectivity index (χ0) is 14.5. The SMILES string of the molecule is COc1ccc(NC(=O)Cn2ncc(N)cc2=O)cc1. The third-order valence-corrected chi connectivity index (χ3v) is 2.56. The molecule has 1 heterocycles. The Kier molecular flexibility index (Phi) is 3.99. The summed E-state index contributed by atoms with van der Waals surface area (Å²) in [6.07, 6.45) is 1.32. The van der Waals surface area contributed by atoms with E-state index in [4.69, 9.17) is 10.5 Å². The third-order valence-electron chi connectivity index (χ3n) is 2.56. The predicted molar refractivity (Wildman–Crippen MR) is 74.5 cm³/mol. The molecule has 20 heavy (non-hydrogen) atoms. The molecule has 1 amide bonds. The zero-order valence-electron chi connectivity index (χ0n) is 10.9. The summed E-state index contributed by atoms with van der Waals surface area (Å²) in [4.78, 5) is 23.3. The lowest BCUT2D eigenvalue weighted by atomic mass is 10.3. The number of aromatic nitrogens is 2. The number of hydrogen-bond donors (Lipinski definition) is 2. The molecule has 0 saturated heterocycles. The van der Waals surface area contributed by atoms with Gasteiger partial charge in [0.05, 0.1) is 19.0 Å². The molecule has 0 bridgehead atoms. The van der Waals surface area contributed by atoms with Crippen molar-refractivity contribution in [2.75, 3.05) is 18.2 Å². The maximum Gasteiger partial charge on any atom is 0.269 e. The van der Waals surface area contributed by atoms with Crippen LogP contribution in [0.2, 0.25) is 0 Å². The van der Waals surface area contributed by atoms with Crippen LogP contribution >= 0.6 is 0 Å². The van der Waals surface area contributed by atoms with Gasteiger partial charge in [-0.2, -0.15) is 5.10 Å². The number of nitrogens with zero attached hydrogens (tertiary/aromatic N) is 2. The number of ether oxygens (including phenoxy) is 1. The van der Waals surface area contributed by atoms with Crippen LogP contribution < -0.4 is 21.3 Å². The summed E-state index contributed by atoms with van der Waals surface area (Å²) in [5.74, 6) is 0.342. The highest BCUT2D eigenvalue weighted by molar-refractivity contribution is 5.90. The Morgan fingerprint density at radius 3 is 2.70 bits per heavy atom. The zero-order valence-corrected chi connectivity index (χ0v) is 10.9. The van der Waals surface area contributed by atoms with E-state index >= 15 is 0 Å². The van der Waals surface area contributed by atoms with Gasteiger partial charge in [0, 0.05) is 11.8 Å². The van der Waals surface area contributed by atoms with Crippen molar-refractivity contribution in [1.29, 1.82) is 0 Å². The van der Waals surface area contributed by atoms with Crippen molar-refractivity contribution in [2.45, 2.75) is 6.54 Å². The predicted octanol–water partition coefficient (Wildman–Crippen LogP) is 0.473. The van der Waals surface area contributed by atoms with Crippen molar-refractivity contribution in [3.8, 4) is 5.75 Å². The van der Waals surface area contributed by atoms with Crippen molar-refractivity contribution in [1.82, 2.24) is 9.78 Å². The summed E-state index contributed by atoms with van der Waals surface area (Å²) in [5.41, 5.74) is 5.88. The van der Waals surface area contributed by atoms with E-state index in [1.165, 1.54) is 12.3 Å². The van der Waals surface area contributed by atoms with Crippen LogP contribution in [0.3, 0.4) is 0 Å². The molecule has 0 spiro atoms. The number of nitrogens with one attached hydrogen (secondary N) is 1. The van der Waals surface area contributed by atoms with Gasteiger partial charge in [-0.1, -0.05) is 0 Å². The number of carbonyl (C=O) groups excluding carboxylic acids is 1. The lowest BCUT2D eigenvalue weighted by molar-refractivity contribution is -0.117. The molecule has 104 valence electrons. The van der Waals surface area contributed by atoms with Crippen LogP contribution in [0.4, 0.5) is 11.4 Å². The highest BCUT2D eigenvalue weighted by Crippen LogP contribution is 2.14. The Labute approximate surface area is 115 Å². The van der Waals surface area contributed by atoms with E-state index in [1.807, 2.05) is 0 Å². The number of nitrogens with two attached hydrogens (primary N) is 1. The first-order chi connectivity index (χ1) is 9.58. The van der Waals surface area contributed by atoms with E-state index in [9.17, 15) is 9.59 Å². The Balaban J connectivity index is 2.03. The van der Waals surface area contributed by atoms with Crippen molar-refractivity contribution < 1.29 is 9.53 Å². The van der Waals surface area contributed by atoms with E-state index < -0.39 is 5.56 Å². The number of rotatable bonds is 4. The van der Waals surface area contributed by atoms with Gasteiger partial charge in [-0.15, -0.1) is 0 Å². The molecule has 0 radical (unpaired) electrons. The Hall–Kier alpha value is -2.83. The highest BCUT2D eigenvalue weighted by Gasteiger charge is 2.06. The van der Waals surface area contributed by atoms with Crippen molar-refractivity contribution in [3.63, 3.8) is 0 Å². The van der Waals surface area contributed by atoms with Gasteiger partial charge in [0.15, 0.2) is 0 Å². The summed E-state index contributed by atoms with van der Waals surface area (Å²) >= 11 is 0. The highest BCUT2D eigenvalue weighted by atomic mass is 16.5. The first kappa shape index (κ1) is 13.6. The molecule has 0 atom stereocenters. The van der Waals surface area contributed by atoms with Crippen LogP contribution in [-0.2, 0) is 11.3 Å². The summed E-state index contributed by atoms with van der Waals surface area (Å²) in [6, 6.07) is 8.08. The summed E-state index contributed by atoms with van der Waals surface area (Å²) in [5, 5.41) is 6.44. The molecule has 7 nitrogen and oxygen atoms in total. The molecule has 0 saturated carbocycles. The van der Waals surface area contributed by atoms with E-state index in [2.05, 4.69) is 10.4 Å². The van der Waals surface area contributed by atoms with Gasteiger partial charge in [-0.05, 0) is 24.3 Å². The minimum atomic E-state index is -0.421. The van der Waals surface area contributed by atoms with Gasteiger partial charge in [-0.3, -0.25) is 9.59 Å². The fraction of sp³-hybridized carbons (Fsp3) is 0.154. The normalized spacial score (nSPS) is 10.1. The maximum absolute atomic E-state index is 11.8. The molecular weight excluding hydrogens is 260 g/mol. The van der Waals surface area contributed by atoms with E-state index in [1.54, 1.807) is 31.4 Å². The van der Waals surface area contributed by atoms with E-state index in [0.717, 1.165) is 4.68 Å². The molecular formula is C13H14N4O3. The largest absolute Gasteiger partial charge is 0.497 e. The van der Waals surface area contributed by atoms with Crippen LogP contribution in [0.15, 0.2) is 41.3 Å². The number of carbonyl (C=O) groups is 1. The van der Waals surface area contributed by atoms with Gasteiger partial charge in [-0.25, -0.2) is 4.68 Å². The molecule has 2 rings (SSSR count). The molecule has 0 aliphatic heterocycles. The lowest BCUT2D eigenvalue weighted by Gasteiger charge is -2.07. The molecule has 0 aliphatic carbocycles. The topological polar surface area (TPSA) is 99.2 Å². The summed E-state index contributed by atoms with van der Waals surface area (Å²) < 4.78 is 6.05. The van der Waals surface area contributed by atoms with Crippen LogP contribution in [-0.4, -0.2) is 22.8 Å². The fourth-order valence-corrected chi connectivity index (χ4v) is 1.58. The molecule has 1 aromatic carbocycles. The molecule has 2 aromatic rings. The standard InChI is InChI=1S/C13H14N4O3/c1-20-11-4-2-10(3-5-11)16-12(18)8-17-13(19)6-9(14)7-15-17/h2-7H,8,14H2,1H3,(H,16,18). The van der Waals surface area contributed by atoms with Crippen molar-refractivity contribution in [2.24, 2.45) is 0 Å². The first-order valence-electron chi connectivity index (χ1n) is 5.85. The van der Waals surface area contributed by atoms with Crippen molar-refractivity contribution >= 4 is 17.3 Å². The number of hydrogen-bond acceptors (Lipinski definition) is 5. The van der Waals surface area contributed by atoms with Gasteiger partial charge >= 0.3 is 0 Å². The summed E-state index contributed by atoms with van der Waals surface area (Å²) in [6.45, 7) is -0.175. The second kappa shape index (κ2) is 5.87. The Morgan fingerprint density at radius 1 is 1.40 bits per heavy atom. The third kappa shape index (κ3) is 3.35. The molecule has 7 heteroatoms. The molecule has 0 fully saturated rings. The second-order valence-corrected chi connectivity index (χ2v) is 4.06. The Morgan fingerprint density at radius 2 is 2.10 bits per heavy atom. The molecule has 3 N–H and O–H groups in total. The number of nitrogen functional groups attached to an aromatic ring is 1. The number of methoxy groups -OCH3 is 1. The Bertz CT molecular complexity index is 664. The average molecular weight is 274 g/mol. The lowest BCUT2D eigenvalue weighted by Crippen LogP contribution is -2.29. The quantitative estimate of drug-likeness (QED) is 0.844. The number of amides is 1. The van der Waals surface area contributed by atoms with Crippen LogP contribution in [0.1, 0.15) is 0 Å². The van der Waals surface area contributed by atoms with Crippen LogP contribution in [0.25, 0.3) is 0 Å². The van der Waals surface area contributed by atoms with Gasteiger partial charge < -0.3 is 15.8 Å². The van der Waals surface area contributed by atoms with Gasteiger partial charge in [0.2, 0.25) is 5.91 Å². The van der Waals surface area contributed by atoms with Crippen molar-refractivity contribution in [3.05, 3.63) is 46.9 Å². The van der Waals surface area contributed by atoms with Crippen LogP contribution in [0, 0.1) is 0 Å². The van der Waals surface area contributed by atoms with Gasteiger partial charge in [0.1, 0.15) is 12.3 Å². The van der Waals surface area contributed by atoms with Crippen LogP contribution in [0.5, 0.6) is 5.75 Å². The average Bonchev–Trinajstić information content (AvgIpc) is 2.43. The smallest absolute Gasteiger partial charge is 0.269 e. The maximum atomic E-state index is 11.8. The minimum Gasteiger partial charge on any atom is -0.497 e. The monoisotopic (exact) mass is 274 g/mol. The fourth-order valence-electron chi connectivity index (χ4n) is 1.58. The number of benzene rings is 1. The van der Waals surface area contributed by atoms with E-state index in [-0.39, 0.29) is 18.1 Å².